The summed E-state index contributed by atoms with van der Waals surface area (Å²) in [6, 6.07) is 6.25. The number of carbonyl (C=O) groups excluding carboxylic acids is 1. The Morgan fingerprint density at radius 3 is 2.62 bits per heavy atom. The lowest BCUT2D eigenvalue weighted by molar-refractivity contribution is 0.0749. The highest BCUT2D eigenvalue weighted by molar-refractivity contribution is 5.97. The molecule has 0 aromatic heterocycles. The molecule has 0 atom stereocenters. The van der Waals surface area contributed by atoms with Gasteiger partial charge in [0.25, 0.3) is 5.91 Å². The third-order valence-electron chi connectivity index (χ3n) is 6.00. The van der Waals surface area contributed by atoms with E-state index in [0.717, 1.165) is 38.4 Å². The van der Waals surface area contributed by atoms with E-state index in [-0.39, 0.29) is 12.0 Å². The summed E-state index contributed by atoms with van der Waals surface area (Å²) in [6.45, 7) is 6.07. The van der Waals surface area contributed by atoms with Gasteiger partial charge in [-0.3, -0.25) is 4.79 Å². The molecule has 0 unspecified atom stereocenters. The predicted molar refractivity (Wildman–Crippen MR) is 114 cm³/mol. The number of likely N-dealkylation sites (tertiary alicyclic amines) is 1. The number of ether oxygens (including phenoxy) is 3. The van der Waals surface area contributed by atoms with Crippen molar-refractivity contribution in [2.45, 2.75) is 64.0 Å². The second kappa shape index (κ2) is 11.4. The smallest absolute Gasteiger partial charge is 0.255 e. The molecule has 1 aliphatic carbocycles. The lowest BCUT2D eigenvalue weighted by atomic mass is 10.0. The van der Waals surface area contributed by atoms with Gasteiger partial charge in [-0.2, -0.15) is 0 Å². The van der Waals surface area contributed by atoms with Gasteiger partial charge < -0.3 is 24.4 Å². The number of nitrogens with one attached hydrogen (secondary N) is 1. The van der Waals surface area contributed by atoms with Crippen LogP contribution in [0.15, 0.2) is 18.2 Å². The van der Waals surface area contributed by atoms with Crippen molar-refractivity contribution in [3.05, 3.63) is 23.8 Å². The number of amides is 1. The Morgan fingerprint density at radius 1 is 1.17 bits per heavy atom. The minimum Gasteiger partial charge on any atom is -0.497 e. The Kier molecular flexibility index (Phi) is 8.62. The van der Waals surface area contributed by atoms with Gasteiger partial charge in [-0.05, 0) is 57.2 Å². The van der Waals surface area contributed by atoms with E-state index in [2.05, 4.69) is 10.2 Å². The maximum Gasteiger partial charge on any atom is 0.255 e. The molecule has 6 heteroatoms. The Morgan fingerprint density at radius 2 is 1.93 bits per heavy atom. The van der Waals surface area contributed by atoms with Crippen molar-refractivity contribution in [1.29, 1.82) is 0 Å². The molecule has 1 amide bonds. The van der Waals surface area contributed by atoms with Crippen LogP contribution < -0.4 is 14.8 Å². The zero-order valence-electron chi connectivity index (χ0n) is 18.0. The van der Waals surface area contributed by atoms with Gasteiger partial charge in [0.15, 0.2) is 0 Å². The molecular formula is C23H36N2O4. The van der Waals surface area contributed by atoms with E-state index in [9.17, 15) is 4.79 Å². The van der Waals surface area contributed by atoms with Gasteiger partial charge in [0, 0.05) is 38.9 Å². The minimum absolute atomic E-state index is 0.126. The van der Waals surface area contributed by atoms with Crippen LogP contribution in [-0.4, -0.2) is 62.9 Å². The summed E-state index contributed by atoms with van der Waals surface area (Å²) in [5, 5.41) is 2.97. The summed E-state index contributed by atoms with van der Waals surface area (Å²) in [5.74, 6) is 1.18. The van der Waals surface area contributed by atoms with Crippen LogP contribution in [-0.2, 0) is 4.74 Å². The number of hydrogen-bond acceptors (Lipinski definition) is 5. The van der Waals surface area contributed by atoms with Crippen LogP contribution >= 0.6 is 0 Å². The third kappa shape index (κ3) is 6.34. The number of nitrogens with zero attached hydrogens (tertiary/aromatic N) is 1. The molecule has 3 rings (SSSR count). The van der Waals surface area contributed by atoms with E-state index < -0.39 is 0 Å². The van der Waals surface area contributed by atoms with Crippen molar-refractivity contribution >= 4 is 5.91 Å². The zero-order valence-corrected chi connectivity index (χ0v) is 18.0. The molecule has 29 heavy (non-hydrogen) atoms. The number of piperidine rings is 1. The largest absolute Gasteiger partial charge is 0.497 e. The van der Waals surface area contributed by atoms with Gasteiger partial charge in [0.1, 0.15) is 17.6 Å². The van der Waals surface area contributed by atoms with Crippen LogP contribution in [0.5, 0.6) is 11.5 Å². The normalized spacial score (nSPS) is 18.7. The van der Waals surface area contributed by atoms with E-state index in [0.29, 0.717) is 36.8 Å². The topological polar surface area (TPSA) is 60.0 Å². The van der Waals surface area contributed by atoms with E-state index in [1.165, 1.54) is 25.7 Å². The highest BCUT2D eigenvalue weighted by Crippen LogP contribution is 2.30. The van der Waals surface area contributed by atoms with Crippen molar-refractivity contribution in [2.24, 2.45) is 0 Å². The SMILES string of the molecule is CCOCCCNC(=O)c1cc(OC)ccc1OC1CCN(C2CCCC2)CC1. The van der Waals surface area contributed by atoms with Gasteiger partial charge in [-0.15, -0.1) is 0 Å². The molecule has 1 saturated heterocycles. The molecule has 1 aromatic rings. The molecule has 2 fully saturated rings. The second-order valence-corrected chi connectivity index (χ2v) is 7.96. The zero-order chi connectivity index (χ0) is 20.5. The molecule has 1 N–H and O–H groups in total. The third-order valence-corrected chi connectivity index (χ3v) is 6.00. The van der Waals surface area contributed by atoms with Gasteiger partial charge in [0.05, 0.1) is 12.7 Å². The van der Waals surface area contributed by atoms with Crippen molar-refractivity contribution in [1.82, 2.24) is 10.2 Å². The number of carbonyl (C=O) groups is 1. The highest BCUT2D eigenvalue weighted by atomic mass is 16.5. The lowest BCUT2D eigenvalue weighted by Gasteiger charge is -2.36. The van der Waals surface area contributed by atoms with Crippen molar-refractivity contribution in [3.63, 3.8) is 0 Å². The first kappa shape index (κ1) is 21.9. The fourth-order valence-corrected chi connectivity index (χ4v) is 4.34. The summed E-state index contributed by atoms with van der Waals surface area (Å²) < 4.78 is 16.9. The highest BCUT2D eigenvalue weighted by Gasteiger charge is 2.28. The van der Waals surface area contributed by atoms with Crippen LogP contribution in [0.4, 0.5) is 0 Å². The minimum atomic E-state index is -0.126. The molecule has 1 aliphatic heterocycles. The molecular weight excluding hydrogens is 368 g/mol. The summed E-state index contributed by atoms with van der Waals surface area (Å²) in [7, 11) is 1.61. The Labute approximate surface area is 174 Å². The quantitative estimate of drug-likeness (QED) is 0.604. The fraction of sp³-hybridized carbons (Fsp3) is 0.696. The maximum atomic E-state index is 12.7. The first-order valence-electron chi connectivity index (χ1n) is 11.2. The van der Waals surface area contributed by atoms with E-state index in [1.54, 1.807) is 13.2 Å². The van der Waals surface area contributed by atoms with Crippen LogP contribution in [0, 0.1) is 0 Å². The molecule has 6 nitrogen and oxygen atoms in total. The average molecular weight is 405 g/mol. The second-order valence-electron chi connectivity index (χ2n) is 7.96. The van der Waals surface area contributed by atoms with Gasteiger partial charge in [-0.25, -0.2) is 0 Å². The summed E-state index contributed by atoms with van der Waals surface area (Å²) in [4.78, 5) is 15.4. The number of methoxy groups -OCH3 is 1. The van der Waals surface area contributed by atoms with Crippen molar-refractivity contribution in [2.75, 3.05) is 40.0 Å². The maximum absolute atomic E-state index is 12.7. The number of hydrogen-bond donors (Lipinski definition) is 1. The first-order valence-corrected chi connectivity index (χ1v) is 11.2. The van der Waals surface area contributed by atoms with Gasteiger partial charge in [0.2, 0.25) is 0 Å². The average Bonchev–Trinajstić information content (AvgIpc) is 3.29. The Balaban J connectivity index is 1.56. The van der Waals surface area contributed by atoms with Gasteiger partial charge >= 0.3 is 0 Å². The predicted octanol–water partition coefficient (Wildman–Crippen LogP) is 3.64. The lowest BCUT2D eigenvalue weighted by Crippen LogP contribution is -2.43. The molecule has 0 radical (unpaired) electrons. The molecule has 0 spiro atoms. The van der Waals surface area contributed by atoms with E-state index in [1.807, 2.05) is 19.1 Å². The summed E-state index contributed by atoms with van der Waals surface area (Å²) in [5.41, 5.74) is 0.541. The molecule has 1 heterocycles. The molecule has 2 aliphatic rings. The first-order chi connectivity index (χ1) is 14.2. The summed E-state index contributed by atoms with van der Waals surface area (Å²) in [6.07, 6.45) is 8.40. The van der Waals surface area contributed by atoms with E-state index in [4.69, 9.17) is 14.2 Å². The monoisotopic (exact) mass is 404 g/mol. The molecule has 1 saturated carbocycles. The molecule has 1 aromatic carbocycles. The van der Waals surface area contributed by atoms with Crippen LogP contribution in [0.1, 0.15) is 62.2 Å². The molecule has 162 valence electrons. The standard InChI is InChI=1S/C23H36N2O4/c1-3-28-16-6-13-24-23(26)21-17-20(27-2)9-10-22(21)29-19-11-14-25(15-12-19)18-7-4-5-8-18/h9-10,17-19H,3-8,11-16H2,1-2H3,(H,24,26). The Bertz CT molecular complexity index is 638. The van der Waals surface area contributed by atoms with Crippen molar-refractivity contribution in [3.8, 4) is 11.5 Å². The Hall–Kier alpha value is -1.79. The van der Waals surface area contributed by atoms with Crippen molar-refractivity contribution < 1.29 is 19.0 Å². The van der Waals surface area contributed by atoms with Crippen LogP contribution in [0.25, 0.3) is 0 Å². The van der Waals surface area contributed by atoms with Crippen LogP contribution in [0.2, 0.25) is 0 Å². The fourth-order valence-electron chi connectivity index (χ4n) is 4.34. The number of benzene rings is 1. The summed E-state index contributed by atoms with van der Waals surface area (Å²) >= 11 is 0. The van der Waals surface area contributed by atoms with Crippen LogP contribution in [0.3, 0.4) is 0 Å². The van der Waals surface area contributed by atoms with E-state index >= 15 is 0 Å². The molecule has 0 bridgehead atoms. The van der Waals surface area contributed by atoms with Gasteiger partial charge in [-0.1, -0.05) is 12.8 Å². The number of rotatable bonds is 10.